The van der Waals surface area contributed by atoms with Gasteiger partial charge in [0.05, 0.1) is 0 Å². The molecule has 1 amide bonds. The minimum absolute atomic E-state index is 0. The molecule has 0 spiro atoms. The van der Waals surface area contributed by atoms with Crippen molar-refractivity contribution in [1.82, 2.24) is 10.2 Å². The maximum atomic E-state index is 12.6. The molecule has 2 aliphatic heterocycles. The summed E-state index contributed by atoms with van der Waals surface area (Å²) in [6, 6.07) is 3.77. The van der Waals surface area contributed by atoms with Crippen molar-refractivity contribution in [2.24, 2.45) is 5.92 Å². The lowest BCUT2D eigenvalue weighted by molar-refractivity contribution is 0.0737. The Bertz CT molecular complexity index is 512. The second-order valence-electron chi connectivity index (χ2n) is 5.34. The number of nitrogens with zero attached hydrogens (tertiary/aromatic N) is 1. The second-order valence-corrected chi connectivity index (χ2v) is 6.15. The molecule has 0 radical (unpaired) electrons. The van der Waals surface area contributed by atoms with E-state index in [4.69, 9.17) is 23.2 Å². The summed E-state index contributed by atoms with van der Waals surface area (Å²) in [4.78, 5) is 14.5. The Balaban J connectivity index is 0.00000147. The fourth-order valence-corrected chi connectivity index (χ4v) is 3.52. The van der Waals surface area contributed by atoms with Gasteiger partial charge in [-0.05, 0) is 37.0 Å². The van der Waals surface area contributed by atoms with Gasteiger partial charge in [0.1, 0.15) is 0 Å². The SMILES string of the molecule is Cc1c(Cl)cc(C(=O)N2CC[C@H]3CNC[C@H]32)cc1Cl.Cl. The highest BCUT2D eigenvalue weighted by Crippen LogP contribution is 2.31. The zero-order valence-electron chi connectivity index (χ0n) is 11.2. The van der Waals surface area contributed by atoms with E-state index in [1.165, 1.54) is 0 Å². The Kier molecular flexibility index (Phi) is 4.85. The van der Waals surface area contributed by atoms with Gasteiger partial charge in [0.25, 0.3) is 5.91 Å². The molecule has 1 aromatic carbocycles. The first-order chi connectivity index (χ1) is 9.08. The Morgan fingerprint density at radius 3 is 2.60 bits per heavy atom. The number of nitrogens with one attached hydrogen (secondary N) is 1. The maximum Gasteiger partial charge on any atom is 0.254 e. The van der Waals surface area contributed by atoms with E-state index in [0.29, 0.717) is 27.6 Å². The Morgan fingerprint density at radius 1 is 1.30 bits per heavy atom. The number of hydrogen-bond donors (Lipinski definition) is 1. The van der Waals surface area contributed by atoms with Crippen LogP contribution >= 0.6 is 35.6 Å². The fraction of sp³-hybridized carbons (Fsp3) is 0.500. The van der Waals surface area contributed by atoms with E-state index < -0.39 is 0 Å². The summed E-state index contributed by atoms with van der Waals surface area (Å²) in [6.45, 7) is 4.60. The van der Waals surface area contributed by atoms with E-state index in [1.807, 2.05) is 11.8 Å². The van der Waals surface area contributed by atoms with E-state index in [2.05, 4.69) is 5.32 Å². The predicted molar refractivity (Wildman–Crippen MR) is 84.2 cm³/mol. The molecule has 110 valence electrons. The Morgan fingerprint density at radius 2 is 1.95 bits per heavy atom. The summed E-state index contributed by atoms with van der Waals surface area (Å²) >= 11 is 12.2. The maximum absolute atomic E-state index is 12.6. The van der Waals surface area contributed by atoms with Crippen molar-refractivity contribution in [2.45, 2.75) is 19.4 Å². The first kappa shape index (κ1) is 15.9. The third-order valence-corrected chi connectivity index (χ3v) is 5.02. The summed E-state index contributed by atoms with van der Waals surface area (Å²) in [5, 5.41) is 4.45. The van der Waals surface area contributed by atoms with Gasteiger partial charge < -0.3 is 10.2 Å². The molecule has 0 bridgehead atoms. The van der Waals surface area contributed by atoms with Gasteiger partial charge >= 0.3 is 0 Å². The molecule has 0 unspecified atom stereocenters. The number of benzene rings is 1. The molecule has 0 aromatic heterocycles. The minimum atomic E-state index is 0. The van der Waals surface area contributed by atoms with Crippen LogP contribution in [0.15, 0.2) is 12.1 Å². The minimum Gasteiger partial charge on any atom is -0.334 e. The standard InChI is InChI=1S/C14H16Cl2N2O.ClH/c1-8-11(15)4-10(5-12(8)16)14(19)18-3-2-9-6-17-7-13(9)18;/h4-5,9,13,17H,2-3,6-7H2,1H3;1H/t9-,13+;/m0./s1. The molecule has 20 heavy (non-hydrogen) atoms. The van der Waals surface area contributed by atoms with Crippen LogP contribution in [0, 0.1) is 12.8 Å². The molecular weight excluding hydrogens is 319 g/mol. The normalized spacial score (nSPS) is 24.4. The van der Waals surface area contributed by atoms with Gasteiger partial charge in [-0.25, -0.2) is 0 Å². The highest BCUT2D eigenvalue weighted by molar-refractivity contribution is 6.36. The molecule has 2 aliphatic rings. The smallest absolute Gasteiger partial charge is 0.254 e. The lowest BCUT2D eigenvalue weighted by Gasteiger charge is -2.23. The number of rotatable bonds is 1. The molecule has 6 heteroatoms. The topological polar surface area (TPSA) is 32.3 Å². The van der Waals surface area contributed by atoms with Crippen molar-refractivity contribution in [2.75, 3.05) is 19.6 Å². The average Bonchev–Trinajstić information content (AvgIpc) is 2.96. The monoisotopic (exact) mass is 334 g/mol. The Hall–Kier alpha value is -0.480. The van der Waals surface area contributed by atoms with E-state index in [0.717, 1.165) is 31.6 Å². The van der Waals surface area contributed by atoms with Crippen molar-refractivity contribution >= 4 is 41.5 Å². The van der Waals surface area contributed by atoms with Crippen LogP contribution in [0.4, 0.5) is 0 Å². The summed E-state index contributed by atoms with van der Waals surface area (Å²) in [5.41, 5.74) is 1.41. The van der Waals surface area contributed by atoms with Crippen molar-refractivity contribution < 1.29 is 4.79 Å². The molecule has 0 aliphatic carbocycles. The molecule has 1 N–H and O–H groups in total. The first-order valence-corrected chi connectivity index (χ1v) is 7.31. The quantitative estimate of drug-likeness (QED) is 0.855. The van der Waals surface area contributed by atoms with Crippen LogP contribution in [0.2, 0.25) is 10.0 Å². The third-order valence-electron chi connectivity index (χ3n) is 4.23. The van der Waals surface area contributed by atoms with Gasteiger partial charge in [-0.3, -0.25) is 4.79 Å². The molecule has 2 fully saturated rings. The van der Waals surface area contributed by atoms with Crippen LogP contribution in [0.1, 0.15) is 22.3 Å². The predicted octanol–water partition coefficient (Wildman–Crippen LogP) is 3.16. The Labute approximate surface area is 135 Å². The number of carbonyl (C=O) groups is 1. The number of amides is 1. The van der Waals surface area contributed by atoms with Crippen LogP contribution in [0.3, 0.4) is 0 Å². The van der Waals surface area contributed by atoms with Crippen molar-refractivity contribution in [3.05, 3.63) is 33.3 Å². The molecule has 1 aromatic rings. The number of hydrogen-bond acceptors (Lipinski definition) is 2. The van der Waals surface area contributed by atoms with Gasteiger partial charge in [-0.15, -0.1) is 12.4 Å². The molecule has 2 atom stereocenters. The first-order valence-electron chi connectivity index (χ1n) is 6.55. The van der Waals surface area contributed by atoms with Gasteiger partial charge in [-0.1, -0.05) is 23.2 Å². The largest absolute Gasteiger partial charge is 0.334 e. The molecular formula is C14H17Cl3N2O. The lowest BCUT2D eigenvalue weighted by atomic mass is 10.0. The fourth-order valence-electron chi connectivity index (χ4n) is 3.04. The number of halogens is 3. The van der Waals surface area contributed by atoms with Gasteiger partial charge in [-0.2, -0.15) is 0 Å². The van der Waals surface area contributed by atoms with Crippen LogP contribution in [-0.4, -0.2) is 36.5 Å². The summed E-state index contributed by atoms with van der Waals surface area (Å²) < 4.78 is 0. The van der Waals surface area contributed by atoms with E-state index in [1.54, 1.807) is 12.1 Å². The van der Waals surface area contributed by atoms with Crippen molar-refractivity contribution in [1.29, 1.82) is 0 Å². The molecule has 3 rings (SSSR count). The van der Waals surface area contributed by atoms with Crippen LogP contribution in [0.5, 0.6) is 0 Å². The highest BCUT2D eigenvalue weighted by Gasteiger charge is 2.40. The van der Waals surface area contributed by atoms with Crippen molar-refractivity contribution in [3.63, 3.8) is 0 Å². The molecule has 2 heterocycles. The van der Waals surface area contributed by atoms with Crippen molar-refractivity contribution in [3.8, 4) is 0 Å². The lowest BCUT2D eigenvalue weighted by Crippen LogP contribution is -2.39. The zero-order valence-corrected chi connectivity index (χ0v) is 13.5. The average molecular weight is 336 g/mol. The van der Waals surface area contributed by atoms with Gasteiger partial charge in [0, 0.05) is 41.3 Å². The van der Waals surface area contributed by atoms with Gasteiger partial charge in [0.15, 0.2) is 0 Å². The molecule has 0 saturated carbocycles. The zero-order chi connectivity index (χ0) is 13.6. The number of carbonyl (C=O) groups excluding carboxylic acids is 1. The number of likely N-dealkylation sites (tertiary alicyclic amines) is 1. The van der Waals surface area contributed by atoms with E-state index in [9.17, 15) is 4.79 Å². The summed E-state index contributed by atoms with van der Waals surface area (Å²) in [5.74, 6) is 0.639. The van der Waals surface area contributed by atoms with Crippen LogP contribution < -0.4 is 5.32 Å². The van der Waals surface area contributed by atoms with E-state index >= 15 is 0 Å². The van der Waals surface area contributed by atoms with E-state index in [-0.39, 0.29) is 18.3 Å². The third kappa shape index (κ3) is 2.64. The second kappa shape index (κ2) is 6.10. The van der Waals surface area contributed by atoms with Crippen LogP contribution in [-0.2, 0) is 0 Å². The summed E-state index contributed by atoms with van der Waals surface area (Å²) in [7, 11) is 0. The number of fused-ring (bicyclic) bond motifs is 1. The van der Waals surface area contributed by atoms with Crippen LogP contribution in [0.25, 0.3) is 0 Å². The van der Waals surface area contributed by atoms with Gasteiger partial charge in [0.2, 0.25) is 0 Å². The molecule has 3 nitrogen and oxygen atoms in total. The summed E-state index contributed by atoms with van der Waals surface area (Å²) in [6.07, 6.45) is 1.08. The highest BCUT2D eigenvalue weighted by atomic mass is 35.5. The molecule has 2 saturated heterocycles.